The Morgan fingerprint density at radius 2 is 0.602 bits per heavy atom. The van der Waals surface area contributed by atoms with Gasteiger partial charge in [-0.3, -0.25) is 0 Å². The second kappa shape index (κ2) is 41.8. The van der Waals surface area contributed by atoms with E-state index in [-0.39, 0.29) is 39.6 Å². The first-order valence-corrected chi connectivity index (χ1v) is 40.6. The molecule has 11 heterocycles. The Morgan fingerprint density at radius 3 is 0.886 bits per heavy atom. The highest BCUT2D eigenvalue weighted by atomic mass is 16.7. The minimum absolute atomic E-state index is 0.119. The predicted octanol–water partition coefficient (Wildman–Crippen LogP) is 3.50. The third kappa shape index (κ3) is 21.5. The van der Waals surface area contributed by atoms with Gasteiger partial charge in [0.05, 0.1) is 120 Å². The molecule has 652 valence electrons. The Bertz CT molecular complexity index is 5160. The zero-order chi connectivity index (χ0) is 85.3. The maximum absolute atomic E-state index is 10.3. The van der Waals surface area contributed by atoms with Crippen molar-refractivity contribution in [1.29, 1.82) is 0 Å². The molecule has 0 amide bonds. The largest absolute Gasteiger partial charge is 0.487 e. The summed E-state index contributed by atoms with van der Waals surface area (Å²) >= 11 is 0. The number of aromatic amines is 2. The molecule has 4 aromatic carbocycles. The van der Waals surface area contributed by atoms with Gasteiger partial charge >= 0.3 is 0 Å². The number of nitrogens with zero attached hydrogens (tertiary/aromatic N) is 11. The van der Waals surface area contributed by atoms with E-state index in [0.29, 0.717) is 130 Å². The maximum atomic E-state index is 10.3. The minimum Gasteiger partial charge on any atom is -0.487 e. The van der Waals surface area contributed by atoms with Crippen molar-refractivity contribution in [2.24, 2.45) is 0 Å². The number of fused-ring (bicyclic) bond motifs is 8. The number of aromatic nitrogens is 13. The molecule has 6 aromatic heterocycles. The Kier molecular flexibility index (Phi) is 29.7. The molecule has 0 saturated carbocycles. The van der Waals surface area contributed by atoms with E-state index in [4.69, 9.17) is 66.8 Å². The molecule has 5 aliphatic heterocycles. The van der Waals surface area contributed by atoms with Gasteiger partial charge in [-0.15, -0.1) is 15.3 Å². The number of aliphatic hydroxyl groups is 12. The van der Waals surface area contributed by atoms with Crippen LogP contribution in [0.4, 0.5) is 0 Å². The molecule has 5 aliphatic rings. The van der Waals surface area contributed by atoms with E-state index in [1.54, 1.807) is 32.6 Å². The molecule has 123 heavy (non-hydrogen) atoms. The van der Waals surface area contributed by atoms with Crippen LogP contribution in [0.3, 0.4) is 0 Å². The van der Waals surface area contributed by atoms with E-state index in [1.807, 2.05) is 127 Å². The molecular weight excluding hydrogens is 1600 g/mol. The van der Waals surface area contributed by atoms with Gasteiger partial charge in [-0.2, -0.15) is 0 Å². The molecule has 8 bridgehead atoms. The van der Waals surface area contributed by atoms with Crippen molar-refractivity contribution in [3.63, 3.8) is 0 Å². The molecule has 14 N–H and O–H groups in total. The zero-order valence-corrected chi connectivity index (χ0v) is 66.9. The highest BCUT2D eigenvalue weighted by Gasteiger charge is 2.46. The summed E-state index contributed by atoms with van der Waals surface area (Å²) < 4.78 is 74.3. The van der Waals surface area contributed by atoms with Crippen molar-refractivity contribution in [1.82, 2.24) is 64.9 Å². The van der Waals surface area contributed by atoms with Gasteiger partial charge in [-0.25, -0.2) is 24.0 Å². The summed E-state index contributed by atoms with van der Waals surface area (Å²) in [6.07, 6.45) is -5.50. The first kappa shape index (κ1) is 87.4. The number of hydrogen-bond acceptors (Lipinski definition) is 32. The number of H-pyrrole nitrogens is 2. The summed E-state index contributed by atoms with van der Waals surface area (Å²) in [6, 6.07) is 41.7. The van der Waals surface area contributed by atoms with E-state index in [2.05, 4.69) is 65.2 Å². The lowest BCUT2D eigenvalue weighted by Crippen LogP contribution is -2.59. The molecule has 10 aromatic rings. The van der Waals surface area contributed by atoms with E-state index in [1.165, 1.54) is 0 Å². The van der Waals surface area contributed by atoms with Gasteiger partial charge in [0.15, 0.2) is 18.9 Å². The number of nitrogens with one attached hydrogen (secondary N) is 2. The SMILES string of the molecule is OC[C@H]1O[C@@H](OCCCOCCn2cc(COc3ccc(-c4c5nc(c(-c6ccc(OCc7cn(CCOCCCO[C@@H]8O[C@H](CO)[C@@H](O)[C@H](O)[C@H]8O)nn7)cc6)c6ccc([nH]6)c(-c6ccc(OCc7cn(CCOCCCO[C@@H]8O[C@H](CO)[C@@H](O)[C@H](O)[C@H]8O)nn7)cc6)c6nc(c(-c7ccccc7)c7ccc4[nH]7)C=C6)C=C5)cc3)nn2)[C@H](O)[C@@H](O)[C@@H]1O. The van der Waals surface area contributed by atoms with Crippen LogP contribution >= 0.6 is 0 Å². The van der Waals surface area contributed by atoms with Crippen LogP contribution in [0.2, 0.25) is 0 Å². The van der Waals surface area contributed by atoms with Crippen LogP contribution in [0.5, 0.6) is 17.2 Å². The molecule has 0 radical (unpaired) electrons. The van der Waals surface area contributed by atoms with Crippen LogP contribution in [-0.4, -0.2) is 298 Å². The fourth-order valence-electron chi connectivity index (χ4n) is 14.7. The molecule has 0 aliphatic carbocycles. The van der Waals surface area contributed by atoms with Crippen LogP contribution in [0.15, 0.2) is 146 Å². The summed E-state index contributed by atoms with van der Waals surface area (Å²) in [5.74, 6) is 1.76. The summed E-state index contributed by atoms with van der Waals surface area (Å²) in [5.41, 5.74) is 14.4. The van der Waals surface area contributed by atoms with Crippen LogP contribution < -0.4 is 14.2 Å². The Balaban J connectivity index is 0.658. The number of benzene rings is 4. The molecular formula is C86H99N13O24. The van der Waals surface area contributed by atoms with Crippen LogP contribution in [0, 0.1) is 0 Å². The summed E-state index contributed by atoms with van der Waals surface area (Å²) in [6.45, 7) is 2.23. The Morgan fingerprint density at radius 1 is 0.317 bits per heavy atom. The third-order valence-electron chi connectivity index (χ3n) is 21.2. The molecule has 3 fully saturated rings. The van der Waals surface area contributed by atoms with E-state index >= 15 is 0 Å². The number of rotatable bonds is 40. The van der Waals surface area contributed by atoms with Gasteiger partial charge in [0, 0.05) is 64.1 Å². The normalized spacial score (nSPS) is 23.3. The third-order valence-corrected chi connectivity index (χ3v) is 21.2. The topological polar surface area (TPSA) is 503 Å². The second-order valence-corrected chi connectivity index (χ2v) is 29.8. The first-order chi connectivity index (χ1) is 60.0. The first-order valence-electron chi connectivity index (χ1n) is 40.6. The lowest BCUT2D eigenvalue weighted by molar-refractivity contribution is -0.301. The monoisotopic (exact) mass is 1700 g/mol. The zero-order valence-electron chi connectivity index (χ0n) is 66.9. The van der Waals surface area contributed by atoms with Gasteiger partial charge in [0.2, 0.25) is 0 Å². The van der Waals surface area contributed by atoms with Crippen molar-refractivity contribution in [3.8, 4) is 61.8 Å². The van der Waals surface area contributed by atoms with Crippen molar-refractivity contribution in [2.45, 2.75) is 151 Å². The second-order valence-electron chi connectivity index (χ2n) is 29.8. The number of aliphatic hydroxyl groups excluding tert-OH is 12. The highest BCUT2D eigenvalue weighted by Crippen LogP contribution is 2.40. The Labute approximate surface area is 704 Å². The molecule has 0 unspecified atom stereocenters. The average molecular weight is 1700 g/mol. The summed E-state index contributed by atoms with van der Waals surface area (Å²) in [7, 11) is 0. The lowest BCUT2D eigenvalue weighted by atomic mass is 9.99. The van der Waals surface area contributed by atoms with Crippen molar-refractivity contribution in [3.05, 3.63) is 186 Å². The molecule has 37 nitrogen and oxygen atoms in total. The molecule has 3 saturated heterocycles. The quantitative estimate of drug-likeness (QED) is 0.0244. The fourth-order valence-corrected chi connectivity index (χ4v) is 14.7. The van der Waals surface area contributed by atoms with Gasteiger partial charge in [-0.05, 0) is 126 Å². The van der Waals surface area contributed by atoms with Crippen molar-refractivity contribution >= 4 is 46.4 Å². The van der Waals surface area contributed by atoms with Gasteiger partial charge in [0.25, 0.3) is 0 Å². The minimum atomic E-state index is -1.53. The van der Waals surface area contributed by atoms with Crippen molar-refractivity contribution in [2.75, 3.05) is 79.3 Å². The number of ether oxygens (including phenoxy) is 12. The highest BCUT2D eigenvalue weighted by molar-refractivity contribution is 6.00. The van der Waals surface area contributed by atoms with Gasteiger partial charge < -0.3 is 128 Å². The fraction of sp³-hybridized carbons (Fsp3) is 0.419. The molecule has 15 atom stereocenters. The van der Waals surface area contributed by atoms with Gasteiger partial charge in [0.1, 0.15) is 127 Å². The Hall–Kier alpha value is -10.5. The van der Waals surface area contributed by atoms with E-state index < -0.39 is 112 Å². The van der Waals surface area contributed by atoms with E-state index in [9.17, 15) is 61.3 Å². The molecule has 37 heteroatoms. The van der Waals surface area contributed by atoms with Gasteiger partial charge in [-0.1, -0.05) is 82.4 Å². The standard InChI is InChI=1S/C86H99N13O24/c100-44-68-75(103)78(106)81(109)84(121-68)115-35-4-32-112-38-29-97-41-54(91-94-97)47-118-57-15-9-51(10-16-57)72-62-23-21-60(87-62)71(50-7-2-1-3-8-50)61-22-24-63(88-61)73(52-11-17-58(18-12-52)119-48-55-42-98(95-92-55)30-39-113-33-5-36-116-85-82(110)79(107)76(104)69(45-101)122-85)65-26-28-67(90-65)74(66-27-25-64(72)89-66)53-13-19-59(20-14-53)120-49-56-43-99(96-93-56)31-40-114-34-6-37-117-86-83(111)80(108)77(105)70(46-102)123-86/h1-3,7-28,41-43,68-70,75-87,90,100-111H,4-6,29-40,44-49H2/t68-,69-,70-,75-,76-,77-,78+,79+,80+,81-,82-,83-,84-,85-,86-/m1/s1. The van der Waals surface area contributed by atoms with Crippen LogP contribution in [0.25, 0.3) is 90.9 Å². The summed E-state index contributed by atoms with van der Waals surface area (Å²) in [4.78, 5) is 18.7. The lowest BCUT2D eigenvalue weighted by Gasteiger charge is -2.39. The van der Waals surface area contributed by atoms with Crippen LogP contribution in [0.1, 0.15) is 59.1 Å². The van der Waals surface area contributed by atoms with Crippen molar-refractivity contribution < 1.29 is 118 Å². The smallest absolute Gasteiger partial charge is 0.186 e. The maximum Gasteiger partial charge on any atom is 0.186 e. The molecule has 0 spiro atoms. The molecule has 15 rings (SSSR count). The van der Waals surface area contributed by atoms with Crippen LogP contribution in [-0.2, 0) is 82.1 Å². The van der Waals surface area contributed by atoms with E-state index in [0.717, 1.165) is 72.3 Å². The number of hydrogen-bond donors (Lipinski definition) is 14. The average Bonchev–Trinajstić information content (AvgIpc) is 1.60. The predicted molar refractivity (Wildman–Crippen MR) is 439 cm³/mol. The summed E-state index contributed by atoms with van der Waals surface area (Å²) in [5, 5.41) is 146.